The Morgan fingerprint density at radius 3 is 2.88 bits per heavy atom. The van der Waals surface area contributed by atoms with Gasteiger partial charge in [-0.2, -0.15) is 0 Å². The van der Waals surface area contributed by atoms with Gasteiger partial charge in [-0.25, -0.2) is 8.42 Å². The van der Waals surface area contributed by atoms with Gasteiger partial charge in [0.05, 0.1) is 24.1 Å². The standard InChI is InChI=1S/C10H18N2O3S/c1-2-3-4-12-9-7-16(14,15)6-8(9)11-5-10(12)13/h8-9,11H,2-7H2,1H3. The second-order valence-electron chi connectivity index (χ2n) is 4.57. The van der Waals surface area contributed by atoms with E-state index < -0.39 is 9.84 Å². The van der Waals surface area contributed by atoms with Crippen molar-refractivity contribution in [3.05, 3.63) is 0 Å². The molecule has 0 aromatic carbocycles. The molecule has 0 saturated carbocycles. The third kappa shape index (κ3) is 2.22. The van der Waals surface area contributed by atoms with Gasteiger partial charge < -0.3 is 10.2 Å². The topological polar surface area (TPSA) is 66.5 Å². The number of piperazine rings is 1. The predicted molar refractivity (Wildman–Crippen MR) is 60.9 cm³/mol. The van der Waals surface area contributed by atoms with E-state index in [-0.39, 0.29) is 36.0 Å². The van der Waals surface area contributed by atoms with Gasteiger partial charge in [-0.05, 0) is 6.42 Å². The summed E-state index contributed by atoms with van der Waals surface area (Å²) in [5, 5.41) is 3.02. The number of carbonyl (C=O) groups is 1. The number of nitrogens with zero attached hydrogens (tertiary/aromatic N) is 1. The zero-order valence-corrected chi connectivity index (χ0v) is 10.3. The van der Waals surface area contributed by atoms with Crippen LogP contribution < -0.4 is 5.32 Å². The van der Waals surface area contributed by atoms with Crippen molar-refractivity contribution in [2.75, 3.05) is 24.6 Å². The van der Waals surface area contributed by atoms with Crippen LogP contribution in [0.5, 0.6) is 0 Å². The van der Waals surface area contributed by atoms with Crippen LogP contribution in [0.25, 0.3) is 0 Å². The Morgan fingerprint density at radius 1 is 1.44 bits per heavy atom. The molecule has 2 fully saturated rings. The zero-order valence-electron chi connectivity index (χ0n) is 9.48. The first-order valence-corrected chi connectivity index (χ1v) is 7.59. The van der Waals surface area contributed by atoms with E-state index in [1.54, 1.807) is 4.90 Å². The van der Waals surface area contributed by atoms with E-state index in [4.69, 9.17) is 0 Å². The van der Waals surface area contributed by atoms with Crippen molar-refractivity contribution in [2.24, 2.45) is 0 Å². The molecule has 2 aliphatic rings. The highest BCUT2D eigenvalue weighted by Gasteiger charge is 2.44. The van der Waals surface area contributed by atoms with Crippen LogP contribution in [0.15, 0.2) is 0 Å². The minimum Gasteiger partial charge on any atom is -0.336 e. The summed E-state index contributed by atoms with van der Waals surface area (Å²) < 4.78 is 23.1. The summed E-state index contributed by atoms with van der Waals surface area (Å²) in [5.74, 6) is 0.333. The maximum Gasteiger partial charge on any atom is 0.236 e. The first-order valence-electron chi connectivity index (χ1n) is 5.77. The molecule has 2 heterocycles. The Morgan fingerprint density at radius 2 is 2.19 bits per heavy atom. The summed E-state index contributed by atoms with van der Waals surface area (Å²) in [6.45, 7) is 3.03. The first kappa shape index (κ1) is 11.9. The molecule has 0 bridgehead atoms. The number of nitrogens with one attached hydrogen (secondary N) is 1. The molecular formula is C10H18N2O3S. The Labute approximate surface area is 96.1 Å². The van der Waals surface area contributed by atoms with Crippen LogP contribution in [0.2, 0.25) is 0 Å². The van der Waals surface area contributed by atoms with Gasteiger partial charge in [0.1, 0.15) is 0 Å². The molecule has 2 unspecified atom stereocenters. The van der Waals surface area contributed by atoms with Crippen molar-refractivity contribution >= 4 is 15.7 Å². The first-order chi connectivity index (χ1) is 7.53. The number of unbranched alkanes of at least 4 members (excludes halogenated alkanes) is 1. The lowest BCUT2D eigenvalue weighted by Crippen LogP contribution is -2.60. The highest BCUT2D eigenvalue weighted by atomic mass is 32.2. The van der Waals surface area contributed by atoms with Gasteiger partial charge in [0.2, 0.25) is 5.91 Å². The molecule has 16 heavy (non-hydrogen) atoms. The smallest absolute Gasteiger partial charge is 0.236 e. The van der Waals surface area contributed by atoms with Gasteiger partial charge in [0.25, 0.3) is 0 Å². The third-order valence-electron chi connectivity index (χ3n) is 3.31. The molecule has 2 rings (SSSR count). The number of sulfone groups is 1. The zero-order chi connectivity index (χ0) is 11.8. The summed E-state index contributed by atoms with van der Waals surface area (Å²) in [4.78, 5) is 13.5. The molecule has 2 aliphatic heterocycles. The molecule has 0 aliphatic carbocycles. The molecule has 1 N–H and O–H groups in total. The van der Waals surface area contributed by atoms with E-state index >= 15 is 0 Å². The van der Waals surface area contributed by atoms with Crippen LogP contribution in [0.3, 0.4) is 0 Å². The second-order valence-corrected chi connectivity index (χ2v) is 6.73. The summed E-state index contributed by atoms with van der Waals surface area (Å²) in [6, 6.07) is -0.197. The van der Waals surface area contributed by atoms with Crippen LogP contribution in [0.4, 0.5) is 0 Å². The van der Waals surface area contributed by atoms with E-state index in [0.717, 1.165) is 12.8 Å². The number of amides is 1. The van der Waals surface area contributed by atoms with Crippen molar-refractivity contribution < 1.29 is 13.2 Å². The molecule has 1 amide bonds. The molecule has 6 heteroatoms. The van der Waals surface area contributed by atoms with E-state index in [1.807, 2.05) is 0 Å². The number of hydrogen-bond donors (Lipinski definition) is 1. The van der Waals surface area contributed by atoms with Crippen LogP contribution in [0.1, 0.15) is 19.8 Å². The van der Waals surface area contributed by atoms with E-state index in [0.29, 0.717) is 6.54 Å². The molecule has 0 radical (unpaired) electrons. The largest absolute Gasteiger partial charge is 0.336 e. The highest BCUT2D eigenvalue weighted by Crippen LogP contribution is 2.22. The van der Waals surface area contributed by atoms with Gasteiger partial charge in [-0.15, -0.1) is 0 Å². The Bertz CT molecular complexity index is 380. The molecule has 0 aromatic rings. The van der Waals surface area contributed by atoms with Gasteiger partial charge in [0.15, 0.2) is 9.84 Å². The molecule has 2 atom stereocenters. The normalized spacial score (nSPS) is 32.8. The number of fused-ring (bicyclic) bond motifs is 1. The lowest BCUT2D eigenvalue weighted by molar-refractivity contribution is -0.135. The monoisotopic (exact) mass is 246 g/mol. The summed E-state index contributed by atoms with van der Waals surface area (Å²) in [7, 11) is -2.97. The fourth-order valence-corrected chi connectivity index (χ4v) is 4.41. The van der Waals surface area contributed by atoms with Crippen molar-refractivity contribution in [2.45, 2.75) is 31.8 Å². The molecule has 92 valence electrons. The number of rotatable bonds is 3. The average molecular weight is 246 g/mol. The molecular weight excluding hydrogens is 228 g/mol. The van der Waals surface area contributed by atoms with Crippen LogP contribution in [-0.4, -0.2) is 55.9 Å². The van der Waals surface area contributed by atoms with Gasteiger partial charge in [-0.3, -0.25) is 4.79 Å². The number of hydrogen-bond acceptors (Lipinski definition) is 4. The van der Waals surface area contributed by atoms with Crippen LogP contribution in [0, 0.1) is 0 Å². The minimum atomic E-state index is -2.97. The maximum atomic E-state index is 11.7. The highest BCUT2D eigenvalue weighted by molar-refractivity contribution is 7.91. The second kappa shape index (κ2) is 4.33. The summed E-state index contributed by atoms with van der Waals surface area (Å²) in [6.07, 6.45) is 1.95. The van der Waals surface area contributed by atoms with E-state index in [9.17, 15) is 13.2 Å². The maximum absolute atomic E-state index is 11.7. The SMILES string of the molecule is CCCCN1C(=O)CNC2CS(=O)(=O)CC21. The average Bonchev–Trinajstić information content (AvgIpc) is 2.51. The van der Waals surface area contributed by atoms with Crippen LogP contribution in [-0.2, 0) is 14.6 Å². The van der Waals surface area contributed by atoms with Crippen molar-refractivity contribution in [1.29, 1.82) is 0 Å². The Balaban J connectivity index is 2.12. The molecule has 0 aromatic heterocycles. The molecule has 0 spiro atoms. The fraction of sp³-hybridized carbons (Fsp3) is 0.900. The van der Waals surface area contributed by atoms with Crippen molar-refractivity contribution in [1.82, 2.24) is 10.2 Å². The van der Waals surface area contributed by atoms with Gasteiger partial charge in [-0.1, -0.05) is 13.3 Å². The lowest BCUT2D eigenvalue weighted by atomic mass is 10.1. The number of carbonyl (C=O) groups excluding carboxylic acids is 1. The summed E-state index contributed by atoms with van der Waals surface area (Å²) in [5.41, 5.74) is 0. The Kier molecular flexibility index (Phi) is 3.21. The third-order valence-corrected chi connectivity index (χ3v) is 5.03. The van der Waals surface area contributed by atoms with Gasteiger partial charge >= 0.3 is 0 Å². The van der Waals surface area contributed by atoms with Crippen molar-refractivity contribution in [3.63, 3.8) is 0 Å². The fourth-order valence-electron chi connectivity index (χ4n) is 2.46. The quantitative estimate of drug-likeness (QED) is 0.721. The van der Waals surface area contributed by atoms with E-state index in [2.05, 4.69) is 12.2 Å². The van der Waals surface area contributed by atoms with Gasteiger partial charge in [0, 0.05) is 12.6 Å². The predicted octanol–water partition coefficient (Wildman–Crippen LogP) is -0.616. The van der Waals surface area contributed by atoms with Crippen molar-refractivity contribution in [3.8, 4) is 0 Å². The van der Waals surface area contributed by atoms with E-state index in [1.165, 1.54) is 0 Å². The summed E-state index contributed by atoms with van der Waals surface area (Å²) >= 11 is 0. The lowest BCUT2D eigenvalue weighted by Gasteiger charge is -2.37. The molecule has 5 nitrogen and oxygen atoms in total. The minimum absolute atomic E-state index is 0.0341. The van der Waals surface area contributed by atoms with Crippen LogP contribution >= 0.6 is 0 Å². The Hall–Kier alpha value is -0.620. The molecule has 2 saturated heterocycles.